The van der Waals surface area contributed by atoms with Gasteiger partial charge >= 0.3 is 0 Å². The molecular formula is C14H19NO. The van der Waals surface area contributed by atoms with Gasteiger partial charge in [0.2, 0.25) is 0 Å². The third-order valence-electron chi connectivity index (χ3n) is 3.15. The van der Waals surface area contributed by atoms with Crippen molar-refractivity contribution in [3.05, 3.63) is 34.9 Å². The number of allylic oxidation sites excluding steroid dienone is 1. The van der Waals surface area contributed by atoms with E-state index in [1.54, 1.807) is 0 Å². The van der Waals surface area contributed by atoms with Gasteiger partial charge in [-0.25, -0.2) is 0 Å². The van der Waals surface area contributed by atoms with Crippen LogP contribution in [0.15, 0.2) is 12.6 Å². The Hall–Kier alpha value is -1.28. The summed E-state index contributed by atoms with van der Waals surface area (Å²) in [6.07, 6.45) is 0. The Morgan fingerprint density at radius 2 is 2.12 bits per heavy atom. The van der Waals surface area contributed by atoms with Crippen molar-refractivity contribution < 1.29 is 4.74 Å². The Morgan fingerprint density at radius 3 is 2.69 bits per heavy atom. The van der Waals surface area contributed by atoms with Crippen molar-refractivity contribution in [2.45, 2.75) is 39.9 Å². The molecule has 0 spiro atoms. The lowest BCUT2D eigenvalue weighted by molar-refractivity contribution is 0.134. The predicted octanol–water partition coefficient (Wildman–Crippen LogP) is 3.46. The van der Waals surface area contributed by atoms with Crippen molar-refractivity contribution in [2.24, 2.45) is 0 Å². The molecule has 1 aliphatic heterocycles. The maximum atomic E-state index is 6.24. The molecule has 1 heterocycles. The lowest BCUT2D eigenvalue weighted by Crippen LogP contribution is -2.04. The standard InChI is InChI=1S/C14H19NO/c1-8(2)11-5-10-6-16-7-12(10)13(9(3)4)14(11)15/h5,8H,3,6-7,15H2,1-2,4H3. The highest BCUT2D eigenvalue weighted by atomic mass is 16.5. The lowest BCUT2D eigenvalue weighted by Gasteiger charge is -2.17. The summed E-state index contributed by atoms with van der Waals surface area (Å²) in [4.78, 5) is 0. The van der Waals surface area contributed by atoms with E-state index in [1.807, 2.05) is 6.92 Å². The molecule has 0 aromatic heterocycles. The second-order valence-electron chi connectivity index (χ2n) is 4.82. The highest BCUT2D eigenvalue weighted by molar-refractivity contribution is 5.79. The van der Waals surface area contributed by atoms with Crippen LogP contribution in [0.1, 0.15) is 48.9 Å². The number of rotatable bonds is 2. The zero-order chi connectivity index (χ0) is 11.9. The minimum absolute atomic E-state index is 0.434. The molecule has 2 heteroatoms. The van der Waals surface area contributed by atoms with Crippen LogP contribution in [-0.4, -0.2) is 0 Å². The molecule has 0 aliphatic carbocycles. The van der Waals surface area contributed by atoms with Gasteiger partial charge in [-0.1, -0.05) is 26.5 Å². The number of ether oxygens (including phenoxy) is 1. The molecule has 0 unspecified atom stereocenters. The van der Waals surface area contributed by atoms with Crippen molar-refractivity contribution in [3.8, 4) is 0 Å². The quantitative estimate of drug-likeness (QED) is 0.770. The Bertz CT molecular complexity index is 447. The molecule has 0 saturated carbocycles. The van der Waals surface area contributed by atoms with Crippen LogP contribution >= 0.6 is 0 Å². The summed E-state index contributed by atoms with van der Waals surface area (Å²) in [7, 11) is 0. The average Bonchev–Trinajstić information content (AvgIpc) is 2.62. The van der Waals surface area contributed by atoms with Crippen LogP contribution in [0.3, 0.4) is 0 Å². The van der Waals surface area contributed by atoms with Gasteiger partial charge in [-0.2, -0.15) is 0 Å². The molecule has 1 aliphatic rings. The molecule has 0 atom stereocenters. The van der Waals surface area contributed by atoms with Gasteiger partial charge in [0.25, 0.3) is 0 Å². The Morgan fingerprint density at radius 1 is 1.44 bits per heavy atom. The van der Waals surface area contributed by atoms with Gasteiger partial charge in [-0.05, 0) is 35.1 Å². The second kappa shape index (κ2) is 3.95. The topological polar surface area (TPSA) is 35.2 Å². The zero-order valence-electron chi connectivity index (χ0n) is 10.3. The maximum absolute atomic E-state index is 6.24. The molecule has 2 nitrogen and oxygen atoms in total. The first-order valence-electron chi connectivity index (χ1n) is 5.70. The highest BCUT2D eigenvalue weighted by Crippen LogP contribution is 2.37. The van der Waals surface area contributed by atoms with Gasteiger partial charge < -0.3 is 10.5 Å². The van der Waals surface area contributed by atoms with Crippen molar-refractivity contribution in [2.75, 3.05) is 5.73 Å². The van der Waals surface area contributed by atoms with E-state index in [0.29, 0.717) is 19.1 Å². The lowest BCUT2D eigenvalue weighted by atomic mass is 9.89. The summed E-state index contributed by atoms with van der Waals surface area (Å²) in [5.41, 5.74) is 13.0. The second-order valence-corrected chi connectivity index (χ2v) is 4.82. The van der Waals surface area contributed by atoms with Gasteiger partial charge in [0.15, 0.2) is 0 Å². The van der Waals surface area contributed by atoms with E-state index in [4.69, 9.17) is 10.5 Å². The van der Waals surface area contributed by atoms with E-state index in [0.717, 1.165) is 16.8 Å². The minimum atomic E-state index is 0.434. The molecule has 1 aromatic rings. The summed E-state index contributed by atoms with van der Waals surface area (Å²) in [6.45, 7) is 11.7. The Kier molecular flexibility index (Phi) is 2.76. The minimum Gasteiger partial charge on any atom is -0.398 e. The van der Waals surface area contributed by atoms with Crippen molar-refractivity contribution in [1.82, 2.24) is 0 Å². The van der Waals surface area contributed by atoms with Crippen LogP contribution in [0.4, 0.5) is 5.69 Å². The molecular weight excluding hydrogens is 198 g/mol. The molecule has 2 N–H and O–H groups in total. The summed E-state index contributed by atoms with van der Waals surface area (Å²) in [5.74, 6) is 0.434. The van der Waals surface area contributed by atoms with Gasteiger partial charge in [-0.3, -0.25) is 0 Å². The summed E-state index contributed by atoms with van der Waals surface area (Å²) >= 11 is 0. The van der Waals surface area contributed by atoms with Crippen molar-refractivity contribution in [1.29, 1.82) is 0 Å². The average molecular weight is 217 g/mol. The number of hydrogen-bond donors (Lipinski definition) is 1. The van der Waals surface area contributed by atoms with Gasteiger partial charge in [0.1, 0.15) is 0 Å². The van der Waals surface area contributed by atoms with Gasteiger partial charge in [0.05, 0.1) is 13.2 Å². The van der Waals surface area contributed by atoms with E-state index >= 15 is 0 Å². The first-order valence-corrected chi connectivity index (χ1v) is 5.70. The summed E-state index contributed by atoms with van der Waals surface area (Å²) < 4.78 is 5.50. The largest absolute Gasteiger partial charge is 0.398 e. The molecule has 1 aromatic carbocycles. The van der Waals surface area contributed by atoms with Crippen molar-refractivity contribution >= 4 is 11.3 Å². The Balaban J connectivity index is 2.70. The number of nitrogens with two attached hydrogens (primary N) is 1. The smallest absolute Gasteiger partial charge is 0.0731 e. The van der Waals surface area contributed by atoms with E-state index in [-0.39, 0.29) is 0 Å². The highest BCUT2D eigenvalue weighted by Gasteiger charge is 2.21. The fourth-order valence-corrected chi connectivity index (χ4v) is 2.34. The third-order valence-corrected chi connectivity index (χ3v) is 3.15. The van der Waals surface area contributed by atoms with Crippen LogP contribution < -0.4 is 5.73 Å². The molecule has 0 saturated heterocycles. The Labute approximate surface area is 97.1 Å². The van der Waals surface area contributed by atoms with Crippen LogP contribution in [-0.2, 0) is 18.0 Å². The third kappa shape index (κ3) is 1.63. The summed E-state index contributed by atoms with van der Waals surface area (Å²) in [5, 5.41) is 0. The van der Waals surface area contributed by atoms with E-state index in [2.05, 4.69) is 26.5 Å². The molecule has 86 valence electrons. The zero-order valence-corrected chi connectivity index (χ0v) is 10.3. The first-order chi connectivity index (χ1) is 7.52. The molecule has 16 heavy (non-hydrogen) atoms. The fraction of sp³-hybridized carbons (Fsp3) is 0.429. The van der Waals surface area contributed by atoms with Crippen LogP contribution in [0.2, 0.25) is 0 Å². The number of nitrogen functional groups attached to an aromatic ring is 1. The number of anilines is 1. The molecule has 0 fully saturated rings. The summed E-state index contributed by atoms with van der Waals surface area (Å²) in [6, 6.07) is 2.19. The van der Waals surface area contributed by atoms with Crippen LogP contribution in [0.5, 0.6) is 0 Å². The number of fused-ring (bicyclic) bond motifs is 1. The van der Waals surface area contributed by atoms with Crippen LogP contribution in [0.25, 0.3) is 5.57 Å². The maximum Gasteiger partial charge on any atom is 0.0731 e. The molecule has 0 bridgehead atoms. The van der Waals surface area contributed by atoms with Crippen LogP contribution in [0, 0.1) is 0 Å². The number of hydrogen-bond acceptors (Lipinski definition) is 2. The predicted molar refractivity (Wildman–Crippen MR) is 68.1 cm³/mol. The SMILES string of the molecule is C=C(C)c1c(N)c(C(C)C)cc2c1COC2. The monoisotopic (exact) mass is 217 g/mol. The fourth-order valence-electron chi connectivity index (χ4n) is 2.34. The number of benzene rings is 1. The molecule has 2 rings (SSSR count). The van der Waals surface area contributed by atoms with E-state index < -0.39 is 0 Å². The molecule has 0 amide bonds. The first kappa shape index (κ1) is 11.2. The van der Waals surface area contributed by atoms with E-state index in [9.17, 15) is 0 Å². The van der Waals surface area contributed by atoms with Gasteiger partial charge in [0, 0.05) is 11.3 Å². The molecule has 0 radical (unpaired) electrons. The normalized spacial score (nSPS) is 14.2. The van der Waals surface area contributed by atoms with Crippen molar-refractivity contribution in [3.63, 3.8) is 0 Å². The van der Waals surface area contributed by atoms with Gasteiger partial charge in [-0.15, -0.1) is 0 Å². The van der Waals surface area contributed by atoms with E-state index in [1.165, 1.54) is 16.7 Å².